The van der Waals surface area contributed by atoms with Crippen molar-refractivity contribution >= 4 is 22.5 Å². The van der Waals surface area contributed by atoms with Gasteiger partial charge in [-0.25, -0.2) is 14.4 Å². The summed E-state index contributed by atoms with van der Waals surface area (Å²) in [5, 5.41) is 12.5. The average Bonchev–Trinajstić information content (AvgIpc) is 3.03. The Kier molecular flexibility index (Phi) is 4.55. The summed E-state index contributed by atoms with van der Waals surface area (Å²) in [6.45, 7) is 3.55. The molecule has 5 rings (SSSR count). The van der Waals surface area contributed by atoms with Crippen LogP contribution in [0.2, 0.25) is 0 Å². The summed E-state index contributed by atoms with van der Waals surface area (Å²) in [6, 6.07) is 9.54. The Morgan fingerprint density at radius 1 is 1.21 bits per heavy atom. The van der Waals surface area contributed by atoms with Gasteiger partial charge in [0.1, 0.15) is 5.82 Å². The number of nitrogens with one attached hydrogen (secondary N) is 2. The second kappa shape index (κ2) is 7.36. The van der Waals surface area contributed by atoms with Crippen molar-refractivity contribution in [1.29, 1.82) is 0 Å². The zero-order chi connectivity index (χ0) is 19.8. The minimum atomic E-state index is -0.368. The molecule has 148 valence electrons. The lowest BCUT2D eigenvalue weighted by atomic mass is 10.1. The summed E-state index contributed by atoms with van der Waals surface area (Å²) in [5.74, 6) is 0.704. The molecule has 1 fully saturated rings. The Morgan fingerprint density at radius 2 is 2.10 bits per heavy atom. The molecule has 0 saturated carbocycles. The number of nitrogens with zero attached hydrogens (tertiary/aromatic N) is 5. The van der Waals surface area contributed by atoms with Gasteiger partial charge in [0.25, 0.3) is 0 Å². The SMILES string of the molecule is Cc1ncc(-c2nc3c4ccccc4nc(N[C@@H]4CCCCNC4)n3n2)cc1F. The van der Waals surface area contributed by atoms with E-state index in [2.05, 4.69) is 20.7 Å². The van der Waals surface area contributed by atoms with Crippen molar-refractivity contribution in [3.8, 4) is 11.4 Å². The van der Waals surface area contributed by atoms with Gasteiger partial charge in [0, 0.05) is 29.7 Å². The number of aryl methyl sites for hydroxylation is 1. The number of fused-ring (bicyclic) bond motifs is 3. The lowest BCUT2D eigenvalue weighted by Gasteiger charge is -2.17. The number of hydrogen-bond acceptors (Lipinski definition) is 6. The summed E-state index contributed by atoms with van der Waals surface area (Å²) < 4.78 is 15.8. The number of pyridine rings is 1. The van der Waals surface area contributed by atoms with E-state index >= 15 is 0 Å². The highest BCUT2D eigenvalue weighted by Crippen LogP contribution is 2.25. The molecule has 0 aliphatic carbocycles. The van der Waals surface area contributed by atoms with Crippen molar-refractivity contribution in [3.05, 3.63) is 48.0 Å². The Balaban J connectivity index is 1.64. The summed E-state index contributed by atoms with van der Waals surface area (Å²) >= 11 is 0. The first-order chi connectivity index (χ1) is 14.2. The fourth-order valence-corrected chi connectivity index (χ4v) is 3.72. The summed E-state index contributed by atoms with van der Waals surface area (Å²) in [4.78, 5) is 13.6. The van der Waals surface area contributed by atoms with Gasteiger partial charge in [-0.2, -0.15) is 4.52 Å². The van der Waals surface area contributed by atoms with Crippen LogP contribution >= 0.6 is 0 Å². The van der Waals surface area contributed by atoms with Crippen molar-refractivity contribution in [1.82, 2.24) is 29.9 Å². The van der Waals surface area contributed by atoms with Crippen LogP contribution in [0.1, 0.15) is 25.0 Å². The molecule has 8 heteroatoms. The van der Waals surface area contributed by atoms with Crippen molar-refractivity contribution in [2.24, 2.45) is 0 Å². The van der Waals surface area contributed by atoms with Gasteiger partial charge in [-0.1, -0.05) is 18.6 Å². The van der Waals surface area contributed by atoms with E-state index in [1.165, 1.54) is 12.5 Å². The number of benzene rings is 1. The van der Waals surface area contributed by atoms with Crippen LogP contribution in [0.3, 0.4) is 0 Å². The molecule has 1 aliphatic heterocycles. The van der Waals surface area contributed by atoms with Crippen molar-refractivity contribution < 1.29 is 4.39 Å². The Labute approximate surface area is 167 Å². The minimum Gasteiger partial charge on any atom is -0.350 e. The molecule has 0 unspecified atom stereocenters. The number of hydrogen-bond donors (Lipinski definition) is 2. The maximum absolute atomic E-state index is 14.0. The van der Waals surface area contributed by atoms with Crippen LogP contribution in [0.15, 0.2) is 36.5 Å². The molecule has 29 heavy (non-hydrogen) atoms. The average molecular weight is 391 g/mol. The number of aromatic nitrogens is 5. The van der Waals surface area contributed by atoms with E-state index in [-0.39, 0.29) is 11.9 Å². The molecule has 0 amide bonds. The third-order valence-electron chi connectivity index (χ3n) is 5.34. The second-order valence-electron chi connectivity index (χ2n) is 7.46. The van der Waals surface area contributed by atoms with Crippen LogP contribution in [0.4, 0.5) is 10.3 Å². The molecule has 3 aromatic heterocycles. The highest BCUT2D eigenvalue weighted by atomic mass is 19.1. The topological polar surface area (TPSA) is 80.0 Å². The van der Waals surface area contributed by atoms with Gasteiger partial charge in [0.05, 0.1) is 11.2 Å². The largest absolute Gasteiger partial charge is 0.350 e. The number of halogens is 1. The monoisotopic (exact) mass is 391 g/mol. The van der Waals surface area contributed by atoms with E-state index in [9.17, 15) is 4.39 Å². The molecular weight excluding hydrogens is 369 g/mol. The van der Waals surface area contributed by atoms with Gasteiger partial charge in [-0.05, 0) is 44.5 Å². The fraction of sp³-hybridized carbons (Fsp3) is 0.333. The molecule has 1 saturated heterocycles. The quantitative estimate of drug-likeness (QED) is 0.558. The number of para-hydroxylation sites is 1. The molecule has 0 bridgehead atoms. The van der Waals surface area contributed by atoms with Crippen LogP contribution in [-0.4, -0.2) is 43.7 Å². The molecular formula is C21H22FN7. The summed E-state index contributed by atoms with van der Waals surface area (Å²) in [5.41, 5.74) is 2.43. The predicted octanol–water partition coefficient (Wildman–Crippen LogP) is 3.34. The third kappa shape index (κ3) is 3.40. The highest BCUT2D eigenvalue weighted by molar-refractivity contribution is 5.92. The zero-order valence-electron chi connectivity index (χ0n) is 16.2. The first-order valence-electron chi connectivity index (χ1n) is 9.94. The molecule has 1 aliphatic rings. The molecule has 1 atom stereocenters. The van der Waals surface area contributed by atoms with Gasteiger partial charge in [0.15, 0.2) is 11.5 Å². The van der Waals surface area contributed by atoms with Crippen LogP contribution in [0, 0.1) is 12.7 Å². The highest BCUT2D eigenvalue weighted by Gasteiger charge is 2.18. The van der Waals surface area contributed by atoms with E-state index in [1.807, 2.05) is 24.3 Å². The molecule has 0 spiro atoms. The smallest absolute Gasteiger partial charge is 0.226 e. The maximum Gasteiger partial charge on any atom is 0.226 e. The standard InChI is InChI=1S/C21H22FN7/c1-13-17(22)10-14(11-24-13)19-27-20-16-7-2-3-8-18(16)26-21(29(20)28-19)25-15-6-4-5-9-23-12-15/h2-3,7-8,10-11,15,23H,4-6,9,12H2,1H3,(H,25,26)/t15-/m1/s1. The fourth-order valence-electron chi connectivity index (χ4n) is 3.72. The van der Waals surface area contributed by atoms with Gasteiger partial charge in [-0.3, -0.25) is 4.98 Å². The van der Waals surface area contributed by atoms with Crippen LogP contribution in [-0.2, 0) is 0 Å². The van der Waals surface area contributed by atoms with Crippen LogP contribution in [0.25, 0.3) is 27.9 Å². The van der Waals surface area contributed by atoms with Crippen molar-refractivity contribution in [2.45, 2.75) is 32.2 Å². The maximum atomic E-state index is 14.0. The number of rotatable bonds is 3. The Morgan fingerprint density at radius 3 is 3.00 bits per heavy atom. The van der Waals surface area contributed by atoms with Crippen molar-refractivity contribution in [2.75, 3.05) is 18.4 Å². The van der Waals surface area contributed by atoms with Gasteiger partial charge in [0.2, 0.25) is 5.95 Å². The van der Waals surface area contributed by atoms with Crippen LogP contribution in [0.5, 0.6) is 0 Å². The number of anilines is 1. The van der Waals surface area contributed by atoms with E-state index in [0.29, 0.717) is 28.7 Å². The summed E-state index contributed by atoms with van der Waals surface area (Å²) in [7, 11) is 0. The van der Waals surface area contributed by atoms with E-state index in [0.717, 1.165) is 36.8 Å². The van der Waals surface area contributed by atoms with Gasteiger partial charge in [-0.15, -0.1) is 5.10 Å². The Bertz CT molecular complexity index is 1180. The van der Waals surface area contributed by atoms with Gasteiger partial charge >= 0.3 is 0 Å². The molecule has 4 heterocycles. The van der Waals surface area contributed by atoms with Crippen molar-refractivity contribution in [3.63, 3.8) is 0 Å². The van der Waals surface area contributed by atoms with Crippen LogP contribution < -0.4 is 10.6 Å². The lowest BCUT2D eigenvalue weighted by molar-refractivity contribution is 0.610. The molecule has 4 aromatic rings. The zero-order valence-corrected chi connectivity index (χ0v) is 16.2. The van der Waals surface area contributed by atoms with E-state index in [4.69, 9.17) is 9.97 Å². The third-order valence-corrected chi connectivity index (χ3v) is 5.34. The van der Waals surface area contributed by atoms with Gasteiger partial charge < -0.3 is 10.6 Å². The van der Waals surface area contributed by atoms with E-state index < -0.39 is 0 Å². The van der Waals surface area contributed by atoms with E-state index in [1.54, 1.807) is 17.6 Å². The predicted molar refractivity (Wildman–Crippen MR) is 110 cm³/mol. The molecule has 7 nitrogen and oxygen atoms in total. The second-order valence-corrected chi connectivity index (χ2v) is 7.46. The molecule has 0 radical (unpaired) electrons. The molecule has 1 aromatic carbocycles. The normalized spacial score (nSPS) is 17.5. The Hall–Kier alpha value is -3.13. The first kappa shape index (κ1) is 17.9. The minimum absolute atomic E-state index is 0.264. The summed E-state index contributed by atoms with van der Waals surface area (Å²) in [6.07, 6.45) is 5.01. The molecule has 2 N–H and O–H groups in total. The lowest BCUT2D eigenvalue weighted by Crippen LogP contribution is -2.32. The first-order valence-corrected chi connectivity index (χ1v) is 9.94.